The van der Waals surface area contributed by atoms with Gasteiger partial charge in [0.25, 0.3) is 5.91 Å². The molecule has 32 heavy (non-hydrogen) atoms. The van der Waals surface area contributed by atoms with Gasteiger partial charge in [0.15, 0.2) is 0 Å². The van der Waals surface area contributed by atoms with Crippen LogP contribution in [0.3, 0.4) is 0 Å². The van der Waals surface area contributed by atoms with E-state index in [4.69, 9.17) is 9.26 Å². The number of ether oxygens (including phenoxy) is 1. The van der Waals surface area contributed by atoms with Crippen molar-refractivity contribution in [3.8, 4) is 5.75 Å². The second-order valence-electron chi connectivity index (χ2n) is 8.74. The van der Waals surface area contributed by atoms with E-state index in [1.807, 2.05) is 58.9 Å². The van der Waals surface area contributed by atoms with E-state index in [1.165, 1.54) is 0 Å². The van der Waals surface area contributed by atoms with Crippen LogP contribution in [-0.4, -0.2) is 22.5 Å². The molecule has 0 spiro atoms. The number of rotatable bonds is 7. The van der Waals surface area contributed by atoms with Gasteiger partial charge in [0.2, 0.25) is 5.91 Å². The lowest BCUT2D eigenvalue weighted by Gasteiger charge is -2.20. The topological polar surface area (TPSA) is 93.5 Å². The van der Waals surface area contributed by atoms with Crippen LogP contribution in [0.5, 0.6) is 5.75 Å². The highest BCUT2D eigenvalue weighted by Crippen LogP contribution is 2.18. The van der Waals surface area contributed by atoms with Gasteiger partial charge in [-0.25, -0.2) is 0 Å². The largest absolute Gasteiger partial charge is 0.489 e. The minimum Gasteiger partial charge on any atom is -0.489 e. The summed E-state index contributed by atoms with van der Waals surface area (Å²) in [6, 6.07) is 14.2. The molecule has 0 bridgehead atoms. The molecule has 7 heteroatoms. The highest BCUT2D eigenvalue weighted by molar-refractivity contribution is 5.96. The maximum atomic E-state index is 12.4. The van der Waals surface area contributed by atoms with Crippen LogP contribution in [0.15, 0.2) is 53.1 Å². The predicted octanol–water partition coefficient (Wildman–Crippen LogP) is 4.58. The van der Waals surface area contributed by atoms with Crippen LogP contribution in [0.4, 0.5) is 5.69 Å². The van der Waals surface area contributed by atoms with Crippen molar-refractivity contribution in [2.75, 3.05) is 5.32 Å². The molecule has 0 saturated carbocycles. The number of hydrogen-bond acceptors (Lipinski definition) is 5. The summed E-state index contributed by atoms with van der Waals surface area (Å²) in [4.78, 5) is 24.6. The zero-order chi connectivity index (χ0) is 23.3. The molecule has 168 valence electrons. The number of carbonyl (C=O) groups excluding carboxylic acids is 2. The fourth-order valence-electron chi connectivity index (χ4n) is 3.08. The molecule has 0 aliphatic rings. The molecule has 0 saturated heterocycles. The summed E-state index contributed by atoms with van der Waals surface area (Å²) in [6.07, 6.45) is 0.233. The average molecular weight is 436 g/mol. The van der Waals surface area contributed by atoms with Gasteiger partial charge in [-0.2, -0.15) is 0 Å². The van der Waals surface area contributed by atoms with E-state index in [0.29, 0.717) is 23.6 Å². The molecule has 0 atom stereocenters. The quantitative estimate of drug-likeness (QED) is 0.567. The summed E-state index contributed by atoms with van der Waals surface area (Å²) in [7, 11) is 0. The lowest BCUT2D eigenvalue weighted by atomic mass is 10.1. The molecular weight excluding hydrogens is 406 g/mol. The van der Waals surface area contributed by atoms with E-state index in [-0.39, 0.29) is 23.8 Å². The van der Waals surface area contributed by atoms with E-state index in [0.717, 1.165) is 22.6 Å². The van der Waals surface area contributed by atoms with Crippen LogP contribution in [0, 0.1) is 13.8 Å². The molecule has 3 rings (SSSR count). The van der Waals surface area contributed by atoms with Gasteiger partial charge in [-0.3, -0.25) is 9.59 Å². The summed E-state index contributed by atoms with van der Waals surface area (Å²) in [5.41, 5.74) is 3.51. The minimum absolute atomic E-state index is 0.138. The number of nitrogens with one attached hydrogen (secondary N) is 2. The lowest BCUT2D eigenvalue weighted by molar-refractivity contribution is -0.115. The van der Waals surface area contributed by atoms with Crippen molar-refractivity contribution in [2.45, 2.75) is 53.2 Å². The molecule has 2 aromatic carbocycles. The Balaban J connectivity index is 1.51. The second-order valence-corrected chi connectivity index (χ2v) is 8.74. The van der Waals surface area contributed by atoms with Crippen molar-refractivity contribution in [1.29, 1.82) is 0 Å². The van der Waals surface area contributed by atoms with Crippen LogP contribution in [-0.2, 0) is 17.8 Å². The molecule has 1 aromatic heterocycles. The smallest absolute Gasteiger partial charge is 0.251 e. The number of nitrogens with zero attached hydrogens (tertiary/aromatic N) is 1. The summed E-state index contributed by atoms with van der Waals surface area (Å²) in [6.45, 7) is 9.90. The third-order valence-electron chi connectivity index (χ3n) is 4.77. The first-order valence-corrected chi connectivity index (χ1v) is 10.5. The zero-order valence-electron chi connectivity index (χ0n) is 19.1. The monoisotopic (exact) mass is 435 g/mol. The van der Waals surface area contributed by atoms with Crippen LogP contribution in [0.25, 0.3) is 0 Å². The molecule has 3 aromatic rings. The predicted molar refractivity (Wildman–Crippen MR) is 123 cm³/mol. The number of carbonyl (C=O) groups is 2. The van der Waals surface area contributed by atoms with E-state index < -0.39 is 0 Å². The molecule has 2 amide bonds. The van der Waals surface area contributed by atoms with Crippen molar-refractivity contribution in [1.82, 2.24) is 10.5 Å². The summed E-state index contributed by atoms with van der Waals surface area (Å²) < 4.78 is 10.9. The molecule has 7 nitrogen and oxygen atoms in total. The van der Waals surface area contributed by atoms with Gasteiger partial charge in [0, 0.05) is 16.8 Å². The number of aryl methyl sites for hydroxylation is 2. The van der Waals surface area contributed by atoms with Gasteiger partial charge in [-0.1, -0.05) is 17.3 Å². The second kappa shape index (κ2) is 9.68. The Hall–Kier alpha value is -3.61. The maximum Gasteiger partial charge on any atom is 0.251 e. The lowest BCUT2D eigenvalue weighted by Crippen LogP contribution is -2.40. The third kappa shape index (κ3) is 6.44. The zero-order valence-corrected chi connectivity index (χ0v) is 19.1. The van der Waals surface area contributed by atoms with Gasteiger partial charge in [-0.05, 0) is 76.6 Å². The van der Waals surface area contributed by atoms with E-state index >= 15 is 0 Å². The number of hydrogen-bond donors (Lipinski definition) is 2. The van der Waals surface area contributed by atoms with Crippen molar-refractivity contribution >= 4 is 17.5 Å². The standard InChI is InChI=1S/C25H29N3O4/c1-16-22(17(2)32-28-16)15-31-21-12-6-18(7-13-21)14-23(29)26-20-10-8-19(9-11-20)24(30)27-25(3,4)5/h6-13H,14-15H2,1-5H3,(H,26,29)(H,27,30). The summed E-state index contributed by atoms with van der Waals surface area (Å²) in [5.74, 6) is 1.17. The Morgan fingerprint density at radius 2 is 1.66 bits per heavy atom. The Morgan fingerprint density at radius 1 is 1.00 bits per heavy atom. The summed E-state index contributed by atoms with van der Waals surface area (Å²) >= 11 is 0. The minimum atomic E-state index is -0.307. The average Bonchev–Trinajstić information content (AvgIpc) is 3.04. The first kappa shape index (κ1) is 23.1. The Morgan fingerprint density at radius 3 is 2.22 bits per heavy atom. The number of amides is 2. The van der Waals surface area contributed by atoms with Gasteiger partial charge in [0.1, 0.15) is 18.1 Å². The fourth-order valence-corrected chi connectivity index (χ4v) is 3.08. The van der Waals surface area contributed by atoms with E-state index in [9.17, 15) is 9.59 Å². The van der Waals surface area contributed by atoms with Crippen LogP contribution < -0.4 is 15.4 Å². The van der Waals surface area contributed by atoms with E-state index in [2.05, 4.69) is 15.8 Å². The third-order valence-corrected chi connectivity index (χ3v) is 4.77. The molecule has 0 radical (unpaired) electrons. The molecule has 0 unspecified atom stereocenters. The first-order valence-electron chi connectivity index (χ1n) is 10.5. The van der Waals surface area contributed by atoms with Gasteiger partial charge >= 0.3 is 0 Å². The Kier molecular flexibility index (Phi) is 6.98. The SMILES string of the molecule is Cc1noc(C)c1COc1ccc(CC(=O)Nc2ccc(C(=O)NC(C)(C)C)cc2)cc1. The van der Waals surface area contributed by atoms with Gasteiger partial charge in [-0.15, -0.1) is 0 Å². The number of anilines is 1. The Bertz CT molecular complexity index is 1060. The van der Waals surface area contributed by atoms with Crippen LogP contribution in [0.2, 0.25) is 0 Å². The van der Waals surface area contributed by atoms with Gasteiger partial charge < -0.3 is 19.9 Å². The van der Waals surface area contributed by atoms with E-state index in [1.54, 1.807) is 24.3 Å². The van der Waals surface area contributed by atoms with Crippen molar-refractivity contribution in [2.24, 2.45) is 0 Å². The van der Waals surface area contributed by atoms with Crippen molar-refractivity contribution < 1.29 is 18.8 Å². The number of aromatic nitrogens is 1. The van der Waals surface area contributed by atoms with Crippen LogP contribution >= 0.6 is 0 Å². The molecule has 2 N–H and O–H groups in total. The van der Waals surface area contributed by atoms with Crippen molar-refractivity contribution in [3.05, 3.63) is 76.7 Å². The molecular formula is C25H29N3O4. The van der Waals surface area contributed by atoms with Crippen LogP contribution in [0.1, 0.15) is 53.7 Å². The molecule has 0 aliphatic carbocycles. The van der Waals surface area contributed by atoms with Crippen molar-refractivity contribution in [3.63, 3.8) is 0 Å². The summed E-state index contributed by atoms with van der Waals surface area (Å²) in [5, 5.41) is 9.68. The normalized spacial score (nSPS) is 11.2. The Labute approximate surface area is 188 Å². The molecule has 1 heterocycles. The van der Waals surface area contributed by atoms with Gasteiger partial charge in [0.05, 0.1) is 17.7 Å². The molecule has 0 fully saturated rings. The fraction of sp³-hybridized carbons (Fsp3) is 0.320. The maximum absolute atomic E-state index is 12.4. The first-order chi connectivity index (χ1) is 15.1. The number of benzene rings is 2. The molecule has 0 aliphatic heterocycles. The highest BCUT2D eigenvalue weighted by Gasteiger charge is 2.15. The highest BCUT2D eigenvalue weighted by atomic mass is 16.5.